The van der Waals surface area contributed by atoms with E-state index in [-0.39, 0.29) is 0 Å². The fourth-order valence-electron chi connectivity index (χ4n) is 3.11. The molecule has 18 heavy (non-hydrogen) atoms. The van der Waals surface area contributed by atoms with Gasteiger partial charge >= 0.3 is 0 Å². The lowest BCUT2D eigenvalue weighted by Gasteiger charge is -2.22. The molecule has 1 saturated heterocycles. The maximum absolute atomic E-state index is 5.39. The van der Waals surface area contributed by atoms with Crippen LogP contribution in [-0.2, 0) is 24.1 Å². The van der Waals surface area contributed by atoms with Gasteiger partial charge in [-0.25, -0.2) is 0 Å². The molecular weight excluding hydrogens is 222 g/mol. The third-order valence-electron chi connectivity index (χ3n) is 4.27. The van der Waals surface area contributed by atoms with E-state index in [2.05, 4.69) is 23.5 Å². The Kier molecular flexibility index (Phi) is 3.96. The van der Waals surface area contributed by atoms with Crippen molar-refractivity contribution in [3.63, 3.8) is 0 Å². The highest BCUT2D eigenvalue weighted by atomic mass is 16.5. The molecule has 1 aromatic rings. The van der Waals surface area contributed by atoms with Crippen LogP contribution in [0.2, 0.25) is 0 Å². The number of hydrogen-bond donors (Lipinski definition) is 1. The molecule has 0 aromatic heterocycles. The maximum Gasteiger partial charge on any atom is 0.0469 e. The third-order valence-corrected chi connectivity index (χ3v) is 4.27. The van der Waals surface area contributed by atoms with E-state index >= 15 is 0 Å². The van der Waals surface area contributed by atoms with Crippen molar-refractivity contribution in [3.05, 3.63) is 34.9 Å². The largest absolute Gasteiger partial charge is 0.381 e. The normalized spacial score (nSPS) is 20.0. The van der Waals surface area contributed by atoms with Gasteiger partial charge in [-0.3, -0.25) is 0 Å². The van der Waals surface area contributed by atoms with Gasteiger partial charge in [-0.05, 0) is 61.3 Å². The first-order chi connectivity index (χ1) is 8.92. The van der Waals surface area contributed by atoms with Gasteiger partial charge in [-0.2, -0.15) is 0 Å². The van der Waals surface area contributed by atoms with Gasteiger partial charge in [0.1, 0.15) is 0 Å². The summed E-state index contributed by atoms with van der Waals surface area (Å²) in [7, 11) is 0. The minimum absolute atomic E-state index is 0.813. The Hall–Kier alpha value is -0.860. The van der Waals surface area contributed by atoms with Crippen LogP contribution in [0.4, 0.5) is 0 Å². The summed E-state index contributed by atoms with van der Waals surface area (Å²) in [6.45, 7) is 4.06. The smallest absolute Gasteiger partial charge is 0.0469 e. The molecule has 1 heterocycles. The first-order valence-corrected chi connectivity index (χ1v) is 7.31. The Morgan fingerprint density at radius 3 is 2.83 bits per heavy atom. The Balaban J connectivity index is 1.48. The van der Waals surface area contributed by atoms with E-state index < -0.39 is 0 Å². The van der Waals surface area contributed by atoms with Crippen LogP contribution in [0.15, 0.2) is 18.2 Å². The van der Waals surface area contributed by atoms with Crippen LogP contribution in [0.1, 0.15) is 36.0 Å². The molecule has 98 valence electrons. The highest BCUT2D eigenvalue weighted by Gasteiger charge is 2.13. The first-order valence-electron chi connectivity index (χ1n) is 7.31. The van der Waals surface area contributed by atoms with Gasteiger partial charge < -0.3 is 10.1 Å². The number of nitrogens with one attached hydrogen (secondary N) is 1. The molecule has 0 radical (unpaired) electrons. The summed E-state index contributed by atoms with van der Waals surface area (Å²) in [5.74, 6) is 0.813. The molecule has 2 heteroatoms. The van der Waals surface area contributed by atoms with Crippen molar-refractivity contribution >= 4 is 0 Å². The van der Waals surface area contributed by atoms with E-state index in [1.165, 1.54) is 37.7 Å². The number of aryl methyl sites for hydroxylation is 2. The van der Waals surface area contributed by atoms with E-state index in [0.29, 0.717) is 0 Å². The zero-order valence-electron chi connectivity index (χ0n) is 11.1. The lowest BCUT2D eigenvalue weighted by Crippen LogP contribution is -2.27. The van der Waals surface area contributed by atoms with Crippen LogP contribution >= 0.6 is 0 Å². The second-order valence-electron chi connectivity index (χ2n) is 5.64. The van der Waals surface area contributed by atoms with Crippen LogP contribution in [0, 0.1) is 5.92 Å². The fraction of sp³-hybridized carbons (Fsp3) is 0.625. The van der Waals surface area contributed by atoms with Crippen molar-refractivity contribution in [2.75, 3.05) is 19.8 Å². The van der Waals surface area contributed by atoms with Crippen LogP contribution < -0.4 is 5.32 Å². The van der Waals surface area contributed by atoms with E-state index in [9.17, 15) is 0 Å². The molecule has 1 N–H and O–H groups in total. The Labute approximate surface area is 110 Å². The maximum atomic E-state index is 5.39. The summed E-state index contributed by atoms with van der Waals surface area (Å²) in [6.07, 6.45) is 6.34. The van der Waals surface area contributed by atoms with Crippen molar-refractivity contribution in [1.29, 1.82) is 0 Å². The lowest BCUT2D eigenvalue weighted by atomic mass is 10.0. The highest BCUT2D eigenvalue weighted by Crippen LogP contribution is 2.22. The van der Waals surface area contributed by atoms with Crippen molar-refractivity contribution in [1.82, 2.24) is 5.32 Å². The van der Waals surface area contributed by atoms with Crippen molar-refractivity contribution in [3.8, 4) is 0 Å². The summed E-state index contributed by atoms with van der Waals surface area (Å²) in [5.41, 5.74) is 4.60. The van der Waals surface area contributed by atoms with Gasteiger partial charge in [0.15, 0.2) is 0 Å². The second kappa shape index (κ2) is 5.85. The van der Waals surface area contributed by atoms with Gasteiger partial charge in [-0.15, -0.1) is 0 Å². The van der Waals surface area contributed by atoms with Crippen molar-refractivity contribution in [2.24, 2.45) is 5.92 Å². The SMILES string of the molecule is c1cc2c(cc1CNCC1CCOCC1)CCC2. The minimum atomic E-state index is 0.813. The Morgan fingerprint density at radius 2 is 1.94 bits per heavy atom. The first kappa shape index (κ1) is 12.2. The minimum Gasteiger partial charge on any atom is -0.381 e. The number of benzene rings is 1. The highest BCUT2D eigenvalue weighted by molar-refractivity contribution is 5.35. The summed E-state index contributed by atoms with van der Waals surface area (Å²) in [6, 6.07) is 7.02. The van der Waals surface area contributed by atoms with Crippen LogP contribution in [0.3, 0.4) is 0 Å². The van der Waals surface area contributed by atoms with Gasteiger partial charge in [0.25, 0.3) is 0 Å². The van der Waals surface area contributed by atoms with Gasteiger partial charge in [0.2, 0.25) is 0 Å². The molecule has 0 amide bonds. The molecule has 3 rings (SSSR count). The van der Waals surface area contributed by atoms with E-state index in [4.69, 9.17) is 4.74 Å². The average molecular weight is 245 g/mol. The number of fused-ring (bicyclic) bond motifs is 1. The van der Waals surface area contributed by atoms with Crippen molar-refractivity contribution < 1.29 is 4.74 Å². The number of rotatable bonds is 4. The molecular formula is C16H23NO. The molecule has 1 fully saturated rings. The van der Waals surface area contributed by atoms with Gasteiger partial charge in [-0.1, -0.05) is 18.2 Å². The van der Waals surface area contributed by atoms with Gasteiger partial charge in [0, 0.05) is 19.8 Å². The van der Waals surface area contributed by atoms with Crippen LogP contribution in [0.25, 0.3) is 0 Å². The van der Waals surface area contributed by atoms with E-state index in [0.717, 1.165) is 32.2 Å². The topological polar surface area (TPSA) is 21.3 Å². The summed E-state index contributed by atoms with van der Waals surface area (Å²) in [4.78, 5) is 0. The molecule has 0 atom stereocenters. The number of ether oxygens (including phenoxy) is 1. The van der Waals surface area contributed by atoms with Gasteiger partial charge in [0.05, 0.1) is 0 Å². The van der Waals surface area contributed by atoms with Crippen molar-refractivity contribution in [2.45, 2.75) is 38.6 Å². The Bertz CT molecular complexity index is 396. The molecule has 0 saturated carbocycles. The molecule has 0 spiro atoms. The molecule has 0 bridgehead atoms. The second-order valence-corrected chi connectivity index (χ2v) is 5.64. The molecule has 0 unspecified atom stereocenters. The zero-order valence-corrected chi connectivity index (χ0v) is 11.1. The molecule has 1 aromatic carbocycles. The summed E-state index contributed by atoms with van der Waals surface area (Å²) < 4.78 is 5.39. The third kappa shape index (κ3) is 2.93. The van der Waals surface area contributed by atoms with Crippen LogP contribution in [-0.4, -0.2) is 19.8 Å². The molecule has 1 aliphatic heterocycles. The molecule has 1 aliphatic carbocycles. The molecule has 2 nitrogen and oxygen atoms in total. The predicted molar refractivity (Wildman–Crippen MR) is 73.7 cm³/mol. The Morgan fingerprint density at radius 1 is 1.11 bits per heavy atom. The predicted octanol–water partition coefficient (Wildman–Crippen LogP) is 2.69. The van der Waals surface area contributed by atoms with E-state index in [1.807, 2.05) is 0 Å². The number of hydrogen-bond acceptors (Lipinski definition) is 2. The fourth-order valence-corrected chi connectivity index (χ4v) is 3.11. The monoisotopic (exact) mass is 245 g/mol. The standard InChI is InChI=1S/C16H23NO/c1-2-15-5-4-14(10-16(15)3-1)12-17-11-13-6-8-18-9-7-13/h4-5,10,13,17H,1-3,6-9,11-12H2. The zero-order chi connectivity index (χ0) is 12.2. The average Bonchev–Trinajstić information content (AvgIpc) is 2.87. The van der Waals surface area contributed by atoms with Crippen LogP contribution in [0.5, 0.6) is 0 Å². The lowest BCUT2D eigenvalue weighted by molar-refractivity contribution is 0.0662. The summed E-state index contributed by atoms with van der Waals surface area (Å²) in [5, 5.41) is 3.61. The quantitative estimate of drug-likeness (QED) is 0.880. The molecule has 2 aliphatic rings. The summed E-state index contributed by atoms with van der Waals surface area (Å²) >= 11 is 0. The van der Waals surface area contributed by atoms with E-state index in [1.54, 1.807) is 11.1 Å².